The molecular weight excluding hydrogens is 246 g/mol. The van der Waals surface area contributed by atoms with E-state index in [1.165, 1.54) is 11.0 Å². The van der Waals surface area contributed by atoms with Gasteiger partial charge < -0.3 is 9.88 Å². The second kappa shape index (κ2) is 6.62. The molecule has 2 aromatic heterocycles. The van der Waals surface area contributed by atoms with Crippen LogP contribution in [0.4, 0.5) is 0 Å². The maximum Gasteiger partial charge on any atom is 0.241 e. The number of nitrogens with zero attached hydrogens (tertiary/aromatic N) is 6. The van der Waals surface area contributed by atoms with E-state index in [1.807, 2.05) is 6.20 Å². The molecule has 0 atom stereocenters. The number of nitrogens with one attached hydrogen (secondary N) is 1. The summed E-state index contributed by atoms with van der Waals surface area (Å²) in [5.41, 5.74) is 0. The van der Waals surface area contributed by atoms with Crippen LogP contribution < -0.4 is 5.32 Å². The maximum atomic E-state index is 11.5. The molecule has 2 heterocycles. The summed E-state index contributed by atoms with van der Waals surface area (Å²) in [5, 5.41) is 13.4. The molecule has 2 rings (SSSR count). The lowest BCUT2D eigenvalue weighted by Crippen LogP contribution is -2.29. The molecule has 8 heteroatoms. The summed E-state index contributed by atoms with van der Waals surface area (Å²) in [6.07, 6.45) is 6.96. The van der Waals surface area contributed by atoms with Crippen LogP contribution in [0.3, 0.4) is 0 Å². The van der Waals surface area contributed by atoms with Crippen molar-refractivity contribution in [3.8, 4) is 0 Å². The minimum absolute atomic E-state index is 0.0892. The van der Waals surface area contributed by atoms with Crippen molar-refractivity contribution in [1.29, 1.82) is 0 Å². The van der Waals surface area contributed by atoms with Gasteiger partial charge in [-0.1, -0.05) is 6.92 Å². The number of aromatic nitrogens is 6. The maximum absolute atomic E-state index is 11.5. The number of imidazole rings is 1. The van der Waals surface area contributed by atoms with E-state index in [0.717, 1.165) is 25.2 Å². The lowest BCUT2D eigenvalue weighted by atomic mass is 10.4. The van der Waals surface area contributed by atoms with Crippen molar-refractivity contribution in [1.82, 2.24) is 35.1 Å². The predicted molar refractivity (Wildman–Crippen MR) is 67.0 cm³/mol. The van der Waals surface area contributed by atoms with Crippen molar-refractivity contribution < 1.29 is 4.79 Å². The summed E-state index contributed by atoms with van der Waals surface area (Å²) in [6.45, 7) is 3.71. The van der Waals surface area contributed by atoms with Gasteiger partial charge in [0.1, 0.15) is 18.7 Å². The number of hydrogen-bond acceptors (Lipinski definition) is 5. The number of amides is 1. The molecule has 19 heavy (non-hydrogen) atoms. The zero-order valence-corrected chi connectivity index (χ0v) is 10.9. The van der Waals surface area contributed by atoms with Crippen LogP contribution in [0.15, 0.2) is 18.7 Å². The van der Waals surface area contributed by atoms with Crippen LogP contribution in [0.2, 0.25) is 0 Å². The molecule has 0 unspecified atom stereocenters. The van der Waals surface area contributed by atoms with E-state index in [1.54, 1.807) is 6.20 Å². The van der Waals surface area contributed by atoms with E-state index in [4.69, 9.17) is 0 Å². The number of carbonyl (C=O) groups is 1. The van der Waals surface area contributed by atoms with Crippen molar-refractivity contribution in [2.45, 2.75) is 32.9 Å². The van der Waals surface area contributed by atoms with E-state index in [2.05, 4.69) is 37.3 Å². The van der Waals surface area contributed by atoms with E-state index in [-0.39, 0.29) is 12.5 Å². The second-order valence-corrected chi connectivity index (χ2v) is 4.10. The topological polar surface area (TPSA) is 90.5 Å². The first-order chi connectivity index (χ1) is 9.29. The van der Waals surface area contributed by atoms with Gasteiger partial charge in [0.25, 0.3) is 0 Å². The summed E-state index contributed by atoms with van der Waals surface area (Å²) in [7, 11) is 0. The van der Waals surface area contributed by atoms with Crippen LogP contribution in [-0.4, -0.2) is 42.2 Å². The normalized spacial score (nSPS) is 10.6. The first-order valence-corrected chi connectivity index (χ1v) is 6.27. The molecule has 0 saturated heterocycles. The Balaban J connectivity index is 1.65. The summed E-state index contributed by atoms with van der Waals surface area (Å²) in [5.74, 6) is 0.980. The fraction of sp³-hybridized carbons (Fsp3) is 0.545. The molecule has 0 radical (unpaired) electrons. The largest absolute Gasteiger partial charge is 0.354 e. The molecule has 2 aromatic rings. The number of aryl methyl sites for hydroxylation is 2. The molecule has 0 spiro atoms. The smallest absolute Gasteiger partial charge is 0.241 e. The average molecular weight is 263 g/mol. The summed E-state index contributed by atoms with van der Waals surface area (Å²) >= 11 is 0. The SMILES string of the molecule is CCc1nccn1CCCNC(=O)Cn1cnnn1. The molecule has 0 fully saturated rings. The molecular formula is C11H17N7O. The van der Waals surface area contributed by atoms with Gasteiger partial charge in [-0.05, 0) is 16.8 Å². The Labute approximate surface area is 110 Å². The third-order valence-electron chi connectivity index (χ3n) is 2.71. The lowest BCUT2D eigenvalue weighted by molar-refractivity contribution is -0.121. The fourth-order valence-corrected chi connectivity index (χ4v) is 1.79. The molecule has 0 aromatic carbocycles. The van der Waals surface area contributed by atoms with E-state index >= 15 is 0 Å². The first-order valence-electron chi connectivity index (χ1n) is 6.27. The fourth-order valence-electron chi connectivity index (χ4n) is 1.79. The number of carbonyl (C=O) groups excluding carboxylic acids is 1. The summed E-state index contributed by atoms with van der Waals surface area (Å²) in [6, 6.07) is 0. The highest BCUT2D eigenvalue weighted by molar-refractivity contribution is 5.75. The zero-order valence-electron chi connectivity index (χ0n) is 10.9. The minimum atomic E-state index is -0.0892. The molecule has 0 aliphatic carbocycles. The van der Waals surface area contributed by atoms with Gasteiger partial charge in [0.05, 0.1) is 0 Å². The van der Waals surface area contributed by atoms with Gasteiger partial charge in [-0.2, -0.15) is 0 Å². The molecule has 1 amide bonds. The van der Waals surface area contributed by atoms with E-state index in [9.17, 15) is 4.79 Å². The summed E-state index contributed by atoms with van der Waals surface area (Å²) < 4.78 is 3.49. The highest BCUT2D eigenvalue weighted by Gasteiger charge is 2.03. The second-order valence-electron chi connectivity index (χ2n) is 4.10. The first kappa shape index (κ1) is 13.2. The molecule has 0 aliphatic rings. The Kier molecular flexibility index (Phi) is 4.60. The van der Waals surface area contributed by atoms with Crippen LogP contribution >= 0.6 is 0 Å². The number of rotatable bonds is 7. The molecule has 1 N–H and O–H groups in total. The quantitative estimate of drug-likeness (QED) is 0.689. The summed E-state index contributed by atoms with van der Waals surface area (Å²) in [4.78, 5) is 15.8. The Morgan fingerprint density at radius 3 is 3.11 bits per heavy atom. The molecule has 0 aliphatic heterocycles. The van der Waals surface area contributed by atoms with Crippen molar-refractivity contribution >= 4 is 5.91 Å². The van der Waals surface area contributed by atoms with Crippen molar-refractivity contribution in [2.24, 2.45) is 0 Å². The van der Waals surface area contributed by atoms with Gasteiger partial charge >= 0.3 is 0 Å². The monoisotopic (exact) mass is 263 g/mol. The standard InChI is InChI=1S/C11H17N7O/c1-2-10-12-5-7-17(10)6-3-4-13-11(19)8-18-9-14-15-16-18/h5,7,9H,2-4,6,8H2,1H3,(H,13,19). The van der Waals surface area contributed by atoms with Crippen LogP contribution in [0.1, 0.15) is 19.2 Å². The van der Waals surface area contributed by atoms with Crippen LogP contribution in [0.5, 0.6) is 0 Å². The molecule has 8 nitrogen and oxygen atoms in total. The van der Waals surface area contributed by atoms with Gasteiger partial charge in [-0.25, -0.2) is 9.67 Å². The predicted octanol–water partition coefficient (Wildman–Crippen LogP) is -0.361. The van der Waals surface area contributed by atoms with Crippen LogP contribution in [0, 0.1) is 0 Å². The van der Waals surface area contributed by atoms with Crippen LogP contribution in [-0.2, 0) is 24.3 Å². The van der Waals surface area contributed by atoms with Gasteiger partial charge in [0.2, 0.25) is 5.91 Å². The third-order valence-corrected chi connectivity index (χ3v) is 2.71. The highest BCUT2D eigenvalue weighted by Crippen LogP contribution is 1.99. The third kappa shape index (κ3) is 3.87. The Hall–Kier alpha value is -2.25. The Morgan fingerprint density at radius 2 is 2.37 bits per heavy atom. The van der Waals surface area contributed by atoms with Crippen molar-refractivity contribution in [3.05, 3.63) is 24.5 Å². The molecule has 102 valence electrons. The van der Waals surface area contributed by atoms with Crippen LogP contribution in [0.25, 0.3) is 0 Å². The lowest BCUT2D eigenvalue weighted by Gasteiger charge is -2.07. The van der Waals surface area contributed by atoms with Gasteiger partial charge in [0.15, 0.2) is 0 Å². The molecule has 0 bridgehead atoms. The minimum Gasteiger partial charge on any atom is -0.354 e. The number of tetrazole rings is 1. The Bertz CT molecular complexity index is 505. The number of hydrogen-bond donors (Lipinski definition) is 1. The van der Waals surface area contributed by atoms with Gasteiger partial charge in [-0.3, -0.25) is 4.79 Å². The Morgan fingerprint density at radius 1 is 1.47 bits per heavy atom. The van der Waals surface area contributed by atoms with E-state index < -0.39 is 0 Å². The average Bonchev–Trinajstić information content (AvgIpc) is 3.05. The van der Waals surface area contributed by atoms with E-state index in [0.29, 0.717) is 6.54 Å². The molecule has 0 saturated carbocycles. The zero-order chi connectivity index (χ0) is 13.5. The highest BCUT2D eigenvalue weighted by atomic mass is 16.2. The van der Waals surface area contributed by atoms with Gasteiger partial charge in [0, 0.05) is 31.9 Å². The van der Waals surface area contributed by atoms with Crippen molar-refractivity contribution in [2.75, 3.05) is 6.54 Å². The van der Waals surface area contributed by atoms with Crippen molar-refractivity contribution in [3.63, 3.8) is 0 Å². The van der Waals surface area contributed by atoms with Gasteiger partial charge in [-0.15, -0.1) is 5.10 Å².